The zero-order chi connectivity index (χ0) is 8.32. The maximum atomic E-state index is 10.0. The Hall–Kier alpha value is -0.610. The van der Waals surface area contributed by atoms with Crippen LogP contribution in [0.25, 0.3) is 0 Å². The molecule has 64 valence electrons. The Labute approximate surface area is 65.2 Å². The van der Waals surface area contributed by atoms with Gasteiger partial charge in [0.15, 0.2) is 0 Å². The summed E-state index contributed by atoms with van der Waals surface area (Å²) in [7, 11) is 0. The van der Waals surface area contributed by atoms with E-state index in [9.17, 15) is 9.90 Å². The molecule has 0 aromatic heterocycles. The van der Waals surface area contributed by atoms with E-state index < -0.39 is 11.6 Å². The van der Waals surface area contributed by atoms with Crippen molar-refractivity contribution in [2.45, 2.75) is 24.9 Å². The highest BCUT2D eigenvalue weighted by Crippen LogP contribution is 2.33. The van der Waals surface area contributed by atoms with E-state index in [2.05, 4.69) is 5.32 Å². The van der Waals surface area contributed by atoms with Crippen molar-refractivity contribution in [3.63, 3.8) is 0 Å². The molecule has 1 fully saturated rings. The second-order valence-corrected chi connectivity index (χ2v) is 3.04. The highest BCUT2D eigenvalue weighted by atomic mass is 16.4. The molecule has 0 aliphatic heterocycles. The third kappa shape index (κ3) is 3.34. The van der Waals surface area contributed by atoms with E-state index in [4.69, 9.17) is 5.11 Å². The van der Waals surface area contributed by atoms with Gasteiger partial charge in [-0.05, 0) is 12.8 Å². The van der Waals surface area contributed by atoms with Crippen LogP contribution in [0.2, 0.25) is 0 Å². The number of nitrogens with one attached hydrogen (secondary N) is 1. The van der Waals surface area contributed by atoms with E-state index in [1.165, 1.54) is 0 Å². The third-order valence-corrected chi connectivity index (χ3v) is 1.80. The molecule has 0 bridgehead atoms. The molecule has 1 aliphatic carbocycles. The lowest BCUT2D eigenvalue weighted by Crippen LogP contribution is -2.29. The van der Waals surface area contributed by atoms with Crippen molar-refractivity contribution >= 4 is 5.97 Å². The largest absolute Gasteiger partial charge is 0.481 e. The van der Waals surface area contributed by atoms with Crippen LogP contribution in [0.3, 0.4) is 0 Å². The fraction of sp³-hybridized carbons (Fsp3) is 0.857. The number of hydrogen-bond acceptors (Lipinski definition) is 3. The highest BCUT2D eigenvalue weighted by Gasteiger charge is 2.39. The molecule has 0 atom stereocenters. The van der Waals surface area contributed by atoms with Crippen LogP contribution in [0.5, 0.6) is 0 Å². The molecule has 3 N–H and O–H groups in total. The zero-order valence-electron chi connectivity index (χ0n) is 6.34. The molecular formula is C7H13NO3. The maximum absolute atomic E-state index is 10.0. The Bertz CT molecular complexity index is 154. The number of carbonyl (C=O) groups is 1. The lowest BCUT2D eigenvalue weighted by atomic mass is 10.3. The standard InChI is InChI=1S/C7H13NO3/c9-6(10)1-4-8-5-7(11)2-3-7/h8,11H,1-5H2,(H,9,10). The first kappa shape index (κ1) is 8.49. The first-order valence-electron chi connectivity index (χ1n) is 3.77. The van der Waals surface area contributed by atoms with Crippen molar-refractivity contribution in [1.29, 1.82) is 0 Å². The van der Waals surface area contributed by atoms with E-state index in [0.717, 1.165) is 12.8 Å². The van der Waals surface area contributed by atoms with Gasteiger partial charge < -0.3 is 15.5 Å². The van der Waals surface area contributed by atoms with Gasteiger partial charge in [0.25, 0.3) is 0 Å². The van der Waals surface area contributed by atoms with Crippen molar-refractivity contribution in [2.24, 2.45) is 0 Å². The summed E-state index contributed by atoms with van der Waals surface area (Å²) in [6.45, 7) is 0.970. The zero-order valence-corrected chi connectivity index (χ0v) is 6.34. The van der Waals surface area contributed by atoms with Gasteiger partial charge in [-0.3, -0.25) is 4.79 Å². The first-order chi connectivity index (χ1) is 5.12. The fourth-order valence-corrected chi connectivity index (χ4v) is 0.837. The maximum Gasteiger partial charge on any atom is 0.304 e. The molecule has 0 spiro atoms. The Kier molecular flexibility index (Phi) is 2.46. The van der Waals surface area contributed by atoms with Gasteiger partial charge in [-0.15, -0.1) is 0 Å². The number of carboxylic acid groups (broad SMARTS) is 1. The van der Waals surface area contributed by atoms with Crippen molar-refractivity contribution in [2.75, 3.05) is 13.1 Å². The predicted octanol–water partition coefficient (Wildman–Crippen LogP) is -0.424. The van der Waals surface area contributed by atoms with Crippen LogP contribution >= 0.6 is 0 Å². The minimum Gasteiger partial charge on any atom is -0.481 e. The molecule has 0 unspecified atom stereocenters. The first-order valence-corrected chi connectivity index (χ1v) is 3.77. The fourth-order valence-electron chi connectivity index (χ4n) is 0.837. The van der Waals surface area contributed by atoms with E-state index >= 15 is 0 Å². The lowest BCUT2D eigenvalue weighted by molar-refractivity contribution is -0.136. The summed E-state index contributed by atoms with van der Waals surface area (Å²) in [4.78, 5) is 10.0. The lowest BCUT2D eigenvalue weighted by Gasteiger charge is -2.07. The monoisotopic (exact) mass is 159 g/mol. The van der Waals surface area contributed by atoms with Crippen LogP contribution < -0.4 is 5.32 Å². The minimum absolute atomic E-state index is 0.121. The minimum atomic E-state index is -0.805. The van der Waals surface area contributed by atoms with Gasteiger partial charge in [0, 0.05) is 13.1 Å². The van der Waals surface area contributed by atoms with E-state index in [-0.39, 0.29) is 6.42 Å². The van der Waals surface area contributed by atoms with Crippen molar-refractivity contribution in [3.8, 4) is 0 Å². The van der Waals surface area contributed by atoms with Crippen molar-refractivity contribution in [3.05, 3.63) is 0 Å². The summed E-state index contributed by atoms with van der Waals surface area (Å²) in [5.74, 6) is -0.805. The highest BCUT2D eigenvalue weighted by molar-refractivity contribution is 5.66. The average Bonchev–Trinajstić information content (AvgIpc) is 2.62. The molecule has 1 saturated carbocycles. The summed E-state index contributed by atoms with van der Waals surface area (Å²) in [5, 5.41) is 20.4. The molecule has 0 radical (unpaired) electrons. The van der Waals surface area contributed by atoms with Crippen LogP contribution in [0.4, 0.5) is 0 Å². The molecule has 0 aromatic carbocycles. The predicted molar refractivity (Wildman–Crippen MR) is 39.3 cm³/mol. The Balaban J connectivity index is 1.92. The Morgan fingerprint density at radius 2 is 2.18 bits per heavy atom. The van der Waals surface area contributed by atoms with Gasteiger partial charge in [0.1, 0.15) is 0 Å². The van der Waals surface area contributed by atoms with Crippen LogP contribution in [0.1, 0.15) is 19.3 Å². The van der Waals surface area contributed by atoms with Gasteiger partial charge in [-0.1, -0.05) is 0 Å². The van der Waals surface area contributed by atoms with Gasteiger partial charge >= 0.3 is 5.97 Å². The molecule has 11 heavy (non-hydrogen) atoms. The number of rotatable bonds is 5. The molecule has 0 heterocycles. The molecule has 0 saturated heterocycles. The van der Waals surface area contributed by atoms with E-state index in [1.807, 2.05) is 0 Å². The van der Waals surface area contributed by atoms with Crippen LogP contribution in [0.15, 0.2) is 0 Å². The quantitative estimate of drug-likeness (QED) is 0.476. The average molecular weight is 159 g/mol. The van der Waals surface area contributed by atoms with Gasteiger partial charge in [0.2, 0.25) is 0 Å². The molecule has 0 amide bonds. The number of carboxylic acids is 1. The normalized spacial score (nSPS) is 19.7. The summed E-state index contributed by atoms with van der Waals surface area (Å²) in [6, 6.07) is 0. The summed E-state index contributed by atoms with van der Waals surface area (Å²) < 4.78 is 0. The molecule has 0 aromatic rings. The second kappa shape index (κ2) is 3.19. The third-order valence-electron chi connectivity index (χ3n) is 1.80. The summed E-state index contributed by atoms with van der Waals surface area (Å²) in [6.07, 6.45) is 1.80. The van der Waals surface area contributed by atoms with Crippen LogP contribution in [-0.2, 0) is 4.79 Å². The SMILES string of the molecule is O=C(O)CCNCC1(O)CC1. The summed E-state index contributed by atoms with van der Waals surface area (Å²) in [5.41, 5.74) is -0.515. The number of hydrogen-bond donors (Lipinski definition) is 3. The molecular weight excluding hydrogens is 146 g/mol. The van der Waals surface area contributed by atoms with Gasteiger partial charge in [0.05, 0.1) is 12.0 Å². The van der Waals surface area contributed by atoms with E-state index in [0.29, 0.717) is 13.1 Å². The Morgan fingerprint density at radius 1 is 1.55 bits per heavy atom. The van der Waals surface area contributed by atoms with Crippen LogP contribution in [-0.4, -0.2) is 34.9 Å². The van der Waals surface area contributed by atoms with E-state index in [1.54, 1.807) is 0 Å². The van der Waals surface area contributed by atoms with Crippen LogP contribution in [0, 0.1) is 0 Å². The topological polar surface area (TPSA) is 69.6 Å². The van der Waals surface area contributed by atoms with Gasteiger partial charge in [-0.25, -0.2) is 0 Å². The molecule has 4 nitrogen and oxygen atoms in total. The van der Waals surface area contributed by atoms with Crippen molar-refractivity contribution in [1.82, 2.24) is 5.32 Å². The number of aliphatic carboxylic acids is 1. The second-order valence-electron chi connectivity index (χ2n) is 3.04. The van der Waals surface area contributed by atoms with Crippen molar-refractivity contribution < 1.29 is 15.0 Å². The molecule has 1 rings (SSSR count). The summed E-state index contributed by atoms with van der Waals surface area (Å²) >= 11 is 0. The molecule has 1 aliphatic rings. The number of aliphatic hydroxyl groups is 1. The molecule has 4 heteroatoms. The Morgan fingerprint density at radius 3 is 2.64 bits per heavy atom. The van der Waals surface area contributed by atoms with Gasteiger partial charge in [-0.2, -0.15) is 0 Å². The smallest absolute Gasteiger partial charge is 0.304 e.